The Kier molecular flexibility index (Phi) is 3.12. The topological polar surface area (TPSA) is 30.4 Å². The summed E-state index contributed by atoms with van der Waals surface area (Å²) in [6, 6.07) is 18.2. The highest BCUT2D eigenvalue weighted by atomic mass is 35.5. The first kappa shape index (κ1) is 14.6. The summed E-state index contributed by atoms with van der Waals surface area (Å²) in [7, 11) is 0. The average Bonchev–Trinajstić information content (AvgIpc) is 3.22. The molecule has 3 nitrogen and oxygen atoms in total. The van der Waals surface area contributed by atoms with Crippen molar-refractivity contribution >= 4 is 28.3 Å². The van der Waals surface area contributed by atoms with Gasteiger partial charge in [-0.25, -0.2) is 0 Å². The minimum Gasteiger partial charge on any atom is -0.454 e. The normalized spacial score (nSPS) is 13.3. The lowest BCUT2D eigenvalue weighted by molar-refractivity contribution is 0.604. The zero-order valence-electron chi connectivity index (χ0n) is 13.7. The Labute approximate surface area is 150 Å². The van der Waals surface area contributed by atoms with Crippen LogP contribution in [-0.2, 0) is 6.54 Å². The van der Waals surface area contributed by atoms with Crippen molar-refractivity contribution in [2.45, 2.75) is 13.5 Å². The summed E-state index contributed by atoms with van der Waals surface area (Å²) in [5.74, 6) is 0.795. The third kappa shape index (κ3) is 2.24. The second-order valence-electron chi connectivity index (χ2n) is 6.30. The van der Waals surface area contributed by atoms with Crippen LogP contribution in [-0.4, -0.2) is 10.3 Å². The molecular weight excluding hydrogens is 332 g/mol. The molecule has 1 aliphatic heterocycles. The molecule has 0 atom stereocenters. The maximum Gasteiger partial charge on any atom is 0.155 e. The standard InChI is InChI=1S/C21H15ClN2O/c1-13-4-2-6-19-16(13)11-20(25-19)21-17-5-3-9-24(17)18-10-15(22)8-7-14(18)12-23-21/h2-11H,12H2,1H3. The average molecular weight is 347 g/mol. The molecule has 4 aromatic rings. The maximum absolute atomic E-state index is 6.22. The Balaban J connectivity index is 1.73. The number of aliphatic imine (C=N–C) groups is 1. The number of hydrogen-bond donors (Lipinski definition) is 0. The van der Waals surface area contributed by atoms with Gasteiger partial charge in [0.1, 0.15) is 11.3 Å². The smallest absolute Gasteiger partial charge is 0.155 e. The van der Waals surface area contributed by atoms with Crippen LogP contribution in [0.3, 0.4) is 0 Å². The van der Waals surface area contributed by atoms with Crippen LogP contribution < -0.4 is 0 Å². The highest BCUT2D eigenvalue weighted by Gasteiger charge is 2.21. The highest BCUT2D eigenvalue weighted by molar-refractivity contribution is 6.30. The van der Waals surface area contributed by atoms with E-state index in [2.05, 4.69) is 29.7 Å². The van der Waals surface area contributed by atoms with Gasteiger partial charge in [0.15, 0.2) is 5.76 Å². The molecular formula is C21H15ClN2O. The molecule has 0 N–H and O–H groups in total. The lowest BCUT2D eigenvalue weighted by Gasteiger charge is -2.10. The molecule has 5 rings (SSSR count). The number of halogens is 1. The lowest BCUT2D eigenvalue weighted by atomic mass is 10.1. The second kappa shape index (κ2) is 5.36. The van der Waals surface area contributed by atoms with E-state index in [1.807, 2.05) is 42.6 Å². The number of hydrogen-bond acceptors (Lipinski definition) is 2. The molecule has 0 unspecified atom stereocenters. The van der Waals surface area contributed by atoms with Gasteiger partial charge in [-0.3, -0.25) is 4.99 Å². The molecule has 0 amide bonds. The number of rotatable bonds is 1. The summed E-state index contributed by atoms with van der Waals surface area (Å²) >= 11 is 6.22. The molecule has 0 radical (unpaired) electrons. The summed E-state index contributed by atoms with van der Waals surface area (Å²) in [6.45, 7) is 2.69. The fraction of sp³-hybridized carbons (Fsp3) is 0.0952. The second-order valence-corrected chi connectivity index (χ2v) is 6.74. The van der Waals surface area contributed by atoms with Crippen molar-refractivity contribution in [3.8, 4) is 5.69 Å². The van der Waals surface area contributed by atoms with E-state index in [0.717, 1.165) is 44.4 Å². The lowest BCUT2D eigenvalue weighted by Crippen LogP contribution is -2.07. The van der Waals surface area contributed by atoms with Gasteiger partial charge in [-0.2, -0.15) is 0 Å². The van der Waals surface area contributed by atoms with Gasteiger partial charge in [-0.1, -0.05) is 29.8 Å². The van der Waals surface area contributed by atoms with Crippen molar-refractivity contribution in [3.05, 3.63) is 88.4 Å². The van der Waals surface area contributed by atoms with E-state index < -0.39 is 0 Å². The van der Waals surface area contributed by atoms with E-state index in [0.29, 0.717) is 6.54 Å². The number of aryl methyl sites for hydroxylation is 1. The molecule has 2 aromatic heterocycles. The van der Waals surface area contributed by atoms with Crippen molar-refractivity contribution < 1.29 is 4.42 Å². The monoisotopic (exact) mass is 346 g/mol. The third-order valence-electron chi connectivity index (χ3n) is 4.72. The predicted octanol–water partition coefficient (Wildman–Crippen LogP) is 5.54. The Morgan fingerprint density at radius 3 is 2.88 bits per heavy atom. The molecule has 4 heteroatoms. The number of nitrogens with zero attached hydrogens (tertiary/aromatic N) is 2. The quantitative estimate of drug-likeness (QED) is 0.445. The highest BCUT2D eigenvalue weighted by Crippen LogP contribution is 2.30. The molecule has 2 aromatic carbocycles. The van der Waals surface area contributed by atoms with E-state index >= 15 is 0 Å². The molecule has 25 heavy (non-hydrogen) atoms. The largest absolute Gasteiger partial charge is 0.454 e. The number of benzene rings is 2. The fourth-order valence-corrected chi connectivity index (χ4v) is 3.62. The summed E-state index contributed by atoms with van der Waals surface area (Å²) in [5, 5.41) is 1.85. The number of aromatic nitrogens is 1. The van der Waals surface area contributed by atoms with Gasteiger partial charge in [0.2, 0.25) is 0 Å². The van der Waals surface area contributed by atoms with Gasteiger partial charge in [-0.05, 0) is 54.4 Å². The summed E-state index contributed by atoms with van der Waals surface area (Å²) in [5.41, 5.74) is 6.18. The predicted molar refractivity (Wildman–Crippen MR) is 101 cm³/mol. The zero-order valence-corrected chi connectivity index (χ0v) is 14.4. The first-order chi connectivity index (χ1) is 12.2. The Morgan fingerprint density at radius 2 is 2.00 bits per heavy atom. The minimum absolute atomic E-state index is 0.597. The third-order valence-corrected chi connectivity index (χ3v) is 4.95. The Hall–Kier alpha value is -2.78. The molecule has 0 aliphatic carbocycles. The van der Waals surface area contributed by atoms with Crippen molar-refractivity contribution in [3.63, 3.8) is 0 Å². The van der Waals surface area contributed by atoms with Gasteiger partial charge in [0, 0.05) is 16.6 Å². The molecule has 0 spiro atoms. The number of furan rings is 1. The van der Waals surface area contributed by atoms with Crippen LogP contribution in [0.5, 0.6) is 0 Å². The van der Waals surface area contributed by atoms with E-state index in [9.17, 15) is 0 Å². The van der Waals surface area contributed by atoms with Gasteiger partial charge in [0.25, 0.3) is 0 Å². The van der Waals surface area contributed by atoms with Crippen LogP contribution in [0, 0.1) is 6.92 Å². The molecule has 0 saturated heterocycles. The van der Waals surface area contributed by atoms with E-state index in [4.69, 9.17) is 21.0 Å². The van der Waals surface area contributed by atoms with Crippen LogP contribution in [0.25, 0.3) is 16.7 Å². The summed E-state index contributed by atoms with van der Waals surface area (Å²) < 4.78 is 8.25. The van der Waals surface area contributed by atoms with Gasteiger partial charge >= 0.3 is 0 Å². The van der Waals surface area contributed by atoms with Gasteiger partial charge < -0.3 is 8.98 Å². The van der Waals surface area contributed by atoms with E-state index in [1.54, 1.807) is 0 Å². The van der Waals surface area contributed by atoms with Crippen LogP contribution >= 0.6 is 11.6 Å². The van der Waals surface area contributed by atoms with Crippen LogP contribution in [0.4, 0.5) is 0 Å². The fourth-order valence-electron chi connectivity index (χ4n) is 3.45. The maximum atomic E-state index is 6.22. The zero-order chi connectivity index (χ0) is 17.0. The van der Waals surface area contributed by atoms with Crippen molar-refractivity contribution in [2.24, 2.45) is 4.99 Å². The van der Waals surface area contributed by atoms with Crippen molar-refractivity contribution in [1.29, 1.82) is 0 Å². The van der Waals surface area contributed by atoms with Crippen molar-refractivity contribution in [1.82, 2.24) is 4.57 Å². The first-order valence-electron chi connectivity index (χ1n) is 8.21. The van der Waals surface area contributed by atoms with E-state index in [-0.39, 0.29) is 0 Å². The van der Waals surface area contributed by atoms with Crippen LogP contribution in [0.1, 0.15) is 22.6 Å². The van der Waals surface area contributed by atoms with Crippen LogP contribution in [0.2, 0.25) is 5.02 Å². The number of fused-ring (bicyclic) bond motifs is 4. The summed E-state index contributed by atoms with van der Waals surface area (Å²) in [4.78, 5) is 4.86. The van der Waals surface area contributed by atoms with Gasteiger partial charge in [-0.15, -0.1) is 0 Å². The summed E-state index contributed by atoms with van der Waals surface area (Å²) in [6.07, 6.45) is 2.04. The molecule has 1 aliphatic rings. The molecule has 122 valence electrons. The van der Waals surface area contributed by atoms with Gasteiger partial charge in [0.05, 0.1) is 17.9 Å². The Morgan fingerprint density at radius 1 is 1.08 bits per heavy atom. The van der Waals surface area contributed by atoms with Crippen molar-refractivity contribution in [2.75, 3.05) is 0 Å². The molecule has 0 fully saturated rings. The Bertz CT molecular complexity index is 1150. The minimum atomic E-state index is 0.597. The molecule has 0 saturated carbocycles. The first-order valence-corrected chi connectivity index (χ1v) is 8.59. The molecule has 0 bridgehead atoms. The van der Waals surface area contributed by atoms with E-state index in [1.165, 1.54) is 5.56 Å². The van der Waals surface area contributed by atoms with Crippen LogP contribution in [0.15, 0.2) is 70.2 Å². The molecule has 3 heterocycles. The SMILES string of the molecule is Cc1cccc2oc(C3=NCc4ccc(Cl)cc4-n4cccc43)cc12.